The molecule has 2 heterocycles. The number of morpholine rings is 1. The highest BCUT2D eigenvalue weighted by atomic mass is 32.1. The number of thiophene rings is 1. The first-order valence-electron chi connectivity index (χ1n) is 7.65. The molecule has 116 valence electrons. The average Bonchev–Trinajstić information content (AvgIpc) is 3.11. The molecule has 0 aromatic carbocycles. The topological polar surface area (TPSA) is 38.8 Å². The van der Waals surface area contributed by atoms with Crippen LogP contribution in [-0.4, -0.2) is 49.8 Å². The summed E-state index contributed by atoms with van der Waals surface area (Å²) in [6.45, 7) is 2.82. The van der Waals surface area contributed by atoms with Crippen molar-refractivity contribution in [3.63, 3.8) is 0 Å². The molecular weight excluding hydrogens is 286 g/mol. The van der Waals surface area contributed by atoms with E-state index in [9.17, 15) is 4.79 Å². The minimum absolute atomic E-state index is 0.168. The number of hydrogen-bond donors (Lipinski definition) is 0. The molecule has 5 heteroatoms. The van der Waals surface area contributed by atoms with Gasteiger partial charge in [-0.2, -0.15) is 11.3 Å². The Bertz CT molecular complexity index is 476. The van der Waals surface area contributed by atoms with Crippen LogP contribution in [0.4, 0.5) is 0 Å². The zero-order valence-corrected chi connectivity index (χ0v) is 13.4. The van der Waals surface area contributed by atoms with Crippen LogP contribution in [0.15, 0.2) is 16.8 Å². The van der Waals surface area contributed by atoms with Gasteiger partial charge in [0.15, 0.2) is 0 Å². The Morgan fingerprint density at radius 1 is 1.62 bits per heavy atom. The van der Waals surface area contributed by atoms with Crippen molar-refractivity contribution in [1.29, 1.82) is 0 Å². The van der Waals surface area contributed by atoms with Crippen LogP contribution >= 0.6 is 11.3 Å². The van der Waals surface area contributed by atoms with Gasteiger partial charge in [-0.15, -0.1) is 0 Å². The highest BCUT2D eigenvalue weighted by molar-refractivity contribution is 7.07. The normalized spacial score (nSPS) is 29.2. The van der Waals surface area contributed by atoms with Crippen LogP contribution < -0.4 is 0 Å². The van der Waals surface area contributed by atoms with E-state index in [2.05, 4.69) is 5.38 Å². The van der Waals surface area contributed by atoms with Crippen molar-refractivity contribution in [3.8, 4) is 0 Å². The van der Waals surface area contributed by atoms with Crippen molar-refractivity contribution in [2.45, 2.75) is 31.3 Å². The molecule has 1 aromatic rings. The number of ether oxygens (including phenoxy) is 2. The van der Waals surface area contributed by atoms with E-state index in [1.807, 2.05) is 16.3 Å². The van der Waals surface area contributed by atoms with E-state index in [1.165, 1.54) is 6.42 Å². The van der Waals surface area contributed by atoms with Crippen molar-refractivity contribution in [3.05, 3.63) is 22.4 Å². The molecule has 2 fully saturated rings. The van der Waals surface area contributed by atoms with Gasteiger partial charge in [-0.3, -0.25) is 4.79 Å². The number of nitrogens with zero attached hydrogens (tertiary/aromatic N) is 1. The third kappa shape index (κ3) is 3.15. The van der Waals surface area contributed by atoms with Gasteiger partial charge in [-0.25, -0.2) is 0 Å². The molecule has 4 nitrogen and oxygen atoms in total. The molecule has 2 atom stereocenters. The Hall–Kier alpha value is -0.910. The highest BCUT2D eigenvalue weighted by Crippen LogP contribution is 2.41. The summed E-state index contributed by atoms with van der Waals surface area (Å²) in [4.78, 5) is 14.5. The van der Waals surface area contributed by atoms with Gasteiger partial charge in [0.05, 0.1) is 31.8 Å². The minimum atomic E-state index is -0.168. The van der Waals surface area contributed by atoms with Crippen LogP contribution in [-0.2, 0) is 20.7 Å². The largest absolute Gasteiger partial charge is 0.384 e. The van der Waals surface area contributed by atoms with E-state index in [0.717, 1.165) is 31.6 Å². The molecule has 0 unspecified atom stereocenters. The van der Waals surface area contributed by atoms with Gasteiger partial charge >= 0.3 is 0 Å². The van der Waals surface area contributed by atoms with Gasteiger partial charge < -0.3 is 14.4 Å². The zero-order valence-electron chi connectivity index (χ0n) is 12.5. The van der Waals surface area contributed by atoms with Crippen LogP contribution in [0.3, 0.4) is 0 Å². The van der Waals surface area contributed by atoms with Gasteiger partial charge in [0.1, 0.15) is 0 Å². The smallest absolute Gasteiger partial charge is 0.227 e. The van der Waals surface area contributed by atoms with E-state index in [-0.39, 0.29) is 11.5 Å². The summed E-state index contributed by atoms with van der Waals surface area (Å²) >= 11 is 1.64. The van der Waals surface area contributed by atoms with Crippen molar-refractivity contribution >= 4 is 17.2 Å². The summed E-state index contributed by atoms with van der Waals surface area (Å²) in [7, 11) is 1.74. The highest BCUT2D eigenvalue weighted by Gasteiger charge is 2.47. The first-order chi connectivity index (χ1) is 10.2. The predicted octanol–water partition coefficient (Wildman–Crippen LogP) is 2.33. The zero-order chi connectivity index (χ0) is 14.7. The molecule has 1 spiro atoms. The Labute approximate surface area is 130 Å². The summed E-state index contributed by atoms with van der Waals surface area (Å²) in [6, 6.07) is 2.03. The number of hydrogen-bond acceptors (Lipinski definition) is 4. The summed E-state index contributed by atoms with van der Waals surface area (Å²) < 4.78 is 11.5. The van der Waals surface area contributed by atoms with Gasteiger partial charge in [0.25, 0.3) is 0 Å². The Morgan fingerprint density at radius 2 is 2.52 bits per heavy atom. The molecule has 1 saturated heterocycles. The van der Waals surface area contributed by atoms with Crippen molar-refractivity contribution in [1.82, 2.24) is 4.90 Å². The fourth-order valence-corrected chi connectivity index (χ4v) is 4.32. The van der Waals surface area contributed by atoms with Gasteiger partial charge in [-0.05, 0) is 35.2 Å². The Kier molecular flexibility index (Phi) is 4.62. The van der Waals surface area contributed by atoms with Crippen molar-refractivity contribution in [2.75, 3.05) is 33.4 Å². The molecule has 1 aromatic heterocycles. The first-order valence-corrected chi connectivity index (χ1v) is 8.59. The fraction of sp³-hybridized carbons (Fsp3) is 0.688. The quantitative estimate of drug-likeness (QED) is 0.857. The number of carbonyl (C=O) groups excluding carboxylic acids is 1. The lowest BCUT2D eigenvalue weighted by molar-refractivity contribution is -0.160. The van der Waals surface area contributed by atoms with Crippen molar-refractivity contribution in [2.24, 2.45) is 5.92 Å². The SMILES string of the molecule is COC[C@@H]1CCC[C@]12CN(C(=O)Cc1ccsc1)CCO2. The lowest BCUT2D eigenvalue weighted by atomic mass is 9.89. The molecule has 1 saturated carbocycles. The van der Waals surface area contributed by atoms with Crippen LogP contribution in [0.2, 0.25) is 0 Å². The van der Waals surface area contributed by atoms with Crippen LogP contribution in [0.25, 0.3) is 0 Å². The standard InChI is InChI=1S/C16H23NO3S/c1-19-10-14-3-2-5-16(14)12-17(6-7-20-16)15(18)9-13-4-8-21-11-13/h4,8,11,14H,2-3,5-7,9-10,12H2,1H3/t14-,16-/m0/s1. The van der Waals surface area contributed by atoms with E-state index < -0.39 is 0 Å². The predicted molar refractivity (Wildman–Crippen MR) is 82.5 cm³/mol. The second-order valence-corrected chi connectivity index (χ2v) is 6.86. The van der Waals surface area contributed by atoms with E-state index in [0.29, 0.717) is 25.5 Å². The molecule has 0 bridgehead atoms. The van der Waals surface area contributed by atoms with E-state index >= 15 is 0 Å². The van der Waals surface area contributed by atoms with Crippen LogP contribution in [0.5, 0.6) is 0 Å². The van der Waals surface area contributed by atoms with E-state index in [1.54, 1.807) is 18.4 Å². The maximum Gasteiger partial charge on any atom is 0.227 e. The summed E-state index contributed by atoms with van der Waals surface area (Å²) in [6.07, 6.45) is 3.86. The molecule has 3 rings (SSSR count). The second-order valence-electron chi connectivity index (χ2n) is 6.08. The third-order valence-corrected chi connectivity index (χ3v) is 5.49. The second kappa shape index (κ2) is 6.46. The average molecular weight is 309 g/mol. The number of rotatable bonds is 4. The van der Waals surface area contributed by atoms with E-state index in [4.69, 9.17) is 9.47 Å². The molecule has 1 aliphatic carbocycles. The monoisotopic (exact) mass is 309 g/mol. The maximum atomic E-state index is 12.5. The molecular formula is C16H23NO3S. The molecule has 0 N–H and O–H groups in total. The Balaban J connectivity index is 1.66. The van der Waals surface area contributed by atoms with Crippen LogP contribution in [0, 0.1) is 5.92 Å². The Morgan fingerprint density at radius 3 is 3.29 bits per heavy atom. The number of amides is 1. The fourth-order valence-electron chi connectivity index (χ4n) is 3.65. The molecule has 1 aliphatic heterocycles. The van der Waals surface area contributed by atoms with Gasteiger partial charge in [0, 0.05) is 19.6 Å². The van der Waals surface area contributed by atoms with Crippen molar-refractivity contribution < 1.29 is 14.3 Å². The number of carbonyl (C=O) groups is 1. The summed E-state index contributed by atoms with van der Waals surface area (Å²) in [5, 5.41) is 4.08. The molecule has 0 radical (unpaired) electrons. The maximum absolute atomic E-state index is 12.5. The first kappa shape index (κ1) is 15.0. The third-order valence-electron chi connectivity index (χ3n) is 4.76. The summed E-state index contributed by atoms with van der Waals surface area (Å²) in [5.41, 5.74) is 0.948. The lowest BCUT2D eigenvalue weighted by Crippen LogP contribution is -2.56. The van der Waals surface area contributed by atoms with Gasteiger partial charge in [-0.1, -0.05) is 6.42 Å². The lowest BCUT2D eigenvalue weighted by Gasteiger charge is -2.44. The molecule has 1 amide bonds. The summed E-state index contributed by atoms with van der Waals surface area (Å²) in [5.74, 6) is 0.637. The molecule has 21 heavy (non-hydrogen) atoms. The van der Waals surface area contributed by atoms with Gasteiger partial charge in [0.2, 0.25) is 5.91 Å². The molecule has 2 aliphatic rings. The van der Waals surface area contributed by atoms with Crippen LogP contribution in [0.1, 0.15) is 24.8 Å². The number of methoxy groups -OCH3 is 1. The minimum Gasteiger partial charge on any atom is -0.384 e.